The molecule has 0 N–H and O–H groups in total. The van der Waals surface area contributed by atoms with Crippen molar-refractivity contribution in [3.8, 4) is 0 Å². The van der Waals surface area contributed by atoms with Crippen molar-refractivity contribution in [1.82, 2.24) is 4.90 Å². The average Bonchev–Trinajstić information content (AvgIpc) is 3.18. The number of anilines is 1. The highest BCUT2D eigenvalue weighted by molar-refractivity contribution is 5.96. The Bertz CT molecular complexity index is 938. The lowest BCUT2D eigenvalue weighted by Crippen LogP contribution is -2.42. The molecular formula is C23H24N2O4. The number of carbonyl (C=O) groups excluding carboxylic acids is 3. The van der Waals surface area contributed by atoms with Crippen LogP contribution in [0.15, 0.2) is 48.5 Å². The first-order chi connectivity index (χ1) is 14.0. The molecule has 150 valence electrons. The molecule has 2 aromatic rings. The van der Waals surface area contributed by atoms with Gasteiger partial charge in [0.15, 0.2) is 6.10 Å². The molecule has 4 rings (SSSR count). The number of benzene rings is 2. The van der Waals surface area contributed by atoms with Gasteiger partial charge in [0, 0.05) is 31.7 Å². The predicted octanol–water partition coefficient (Wildman–Crippen LogP) is 2.94. The molecule has 29 heavy (non-hydrogen) atoms. The molecule has 2 aromatic carbocycles. The fourth-order valence-electron chi connectivity index (χ4n) is 3.92. The molecule has 0 saturated carbocycles. The molecule has 6 heteroatoms. The molecule has 1 saturated heterocycles. The first-order valence-corrected chi connectivity index (χ1v) is 10.00. The summed E-state index contributed by atoms with van der Waals surface area (Å²) in [6, 6.07) is 14.8. The molecule has 2 aliphatic rings. The fraction of sp³-hybridized carbons (Fsp3) is 0.348. The van der Waals surface area contributed by atoms with Crippen molar-refractivity contribution in [3.05, 3.63) is 65.2 Å². The van der Waals surface area contributed by atoms with E-state index in [1.165, 1.54) is 5.56 Å². The zero-order valence-corrected chi connectivity index (χ0v) is 16.5. The summed E-state index contributed by atoms with van der Waals surface area (Å²) in [5.41, 5.74) is 3.54. The topological polar surface area (TPSA) is 66.9 Å². The molecule has 0 unspecified atom stereocenters. The van der Waals surface area contributed by atoms with Crippen LogP contribution in [0.2, 0.25) is 0 Å². The van der Waals surface area contributed by atoms with Gasteiger partial charge >= 0.3 is 5.97 Å². The Balaban J connectivity index is 1.36. The highest BCUT2D eigenvalue weighted by Gasteiger charge is 2.27. The highest BCUT2D eigenvalue weighted by atomic mass is 16.5. The Morgan fingerprint density at radius 2 is 1.69 bits per heavy atom. The minimum Gasteiger partial charge on any atom is -0.449 e. The van der Waals surface area contributed by atoms with E-state index in [1.54, 1.807) is 41.0 Å². The first-order valence-electron chi connectivity index (χ1n) is 10.00. The fourth-order valence-corrected chi connectivity index (χ4v) is 3.92. The Morgan fingerprint density at radius 3 is 2.38 bits per heavy atom. The average molecular weight is 392 g/mol. The highest BCUT2D eigenvalue weighted by Crippen LogP contribution is 2.23. The van der Waals surface area contributed by atoms with Gasteiger partial charge in [0.1, 0.15) is 0 Å². The van der Waals surface area contributed by atoms with Crippen molar-refractivity contribution < 1.29 is 19.1 Å². The van der Waals surface area contributed by atoms with Crippen LogP contribution in [0, 0.1) is 0 Å². The van der Waals surface area contributed by atoms with E-state index in [0.717, 1.165) is 24.1 Å². The summed E-state index contributed by atoms with van der Waals surface area (Å²) in [4.78, 5) is 40.5. The van der Waals surface area contributed by atoms with E-state index in [0.29, 0.717) is 31.6 Å². The van der Waals surface area contributed by atoms with Crippen LogP contribution in [0.3, 0.4) is 0 Å². The van der Waals surface area contributed by atoms with Gasteiger partial charge in [-0.2, -0.15) is 0 Å². The van der Waals surface area contributed by atoms with Crippen molar-refractivity contribution in [2.75, 3.05) is 18.0 Å². The van der Waals surface area contributed by atoms with Crippen LogP contribution in [0.5, 0.6) is 0 Å². The van der Waals surface area contributed by atoms with E-state index in [4.69, 9.17) is 4.74 Å². The number of nitrogens with zero attached hydrogens (tertiary/aromatic N) is 2. The first kappa shape index (κ1) is 19.2. The van der Waals surface area contributed by atoms with Gasteiger partial charge in [0.25, 0.3) is 5.91 Å². The number of hydrogen-bond acceptors (Lipinski definition) is 4. The summed E-state index contributed by atoms with van der Waals surface area (Å²) in [7, 11) is 0. The molecule has 1 fully saturated rings. The van der Waals surface area contributed by atoms with Crippen molar-refractivity contribution in [2.24, 2.45) is 0 Å². The van der Waals surface area contributed by atoms with Crippen molar-refractivity contribution in [1.29, 1.82) is 0 Å². The zero-order valence-electron chi connectivity index (χ0n) is 16.5. The van der Waals surface area contributed by atoms with Crippen LogP contribution < -0.4 is 4.90 Å². The summed E-state index contributed by atoms with van der Waals surface area (Å²) >= 11 is 0. The van der Waals surface area contributed by atoms with Crippen LogP contribution in [-0.4, -0.2) is 41.9 Å². The normalized spacial score (nSPS) is 17.1. The number of rotatable bonds is 4. The summed E-state index contributed by atoms with van der Waals surface area (Å²) in [6.07, 6.45) is 1.36. The van der Waals surface area contributed by atoms with E-state index in [9.17, 15) is 14.4 Å². The van der Waals surface area contributed by atoms with E-state index in [1.807, 2.05) is 18.2 Å². The molecular weight excluding hydrogens is 368 g/mol. The second-order valence-electron chi connectivity index (χ2n) is 7.52. The van der Waals surface area contributed by atoms with E-state index >= 15 is 0 Å². The molecule has 1 atom stereocenters. The lowest BCUT2D eigenvalue weighted by atomic mass is 9.99. The van der Waals surface area contributed by atoms with Gasteiger partial charge in [-0.1, -0.05) is 24.3 Å². The molecule has 0 spiro atoms. The second kappa shape index (κ2) is 8.07. The van der Waals surface area contributed by atoms with Crippen LogP contribution in [-0.2, 0) is 27.3 Å². The standard InChI is InChI=1S/C23H24N2O4/c1-16(22(27)24-14-12-17-5-2-3-6-19(17)15-24)29-23(28)18-8-10-20(11-9-18)25-13-4-7-21(25)26/h2-3,5-6,8-11,16H,4,7,12-15H2,1H3/t16-/m0/s1. The molecule has 0 aromatic heterocycles. The van der Waals surface area contributed by atoms with Crippen LogP contribution in [0.25, 0.3) is 0 Å². The monoisotopic (exact) mass is 392 g/mol. The molecule has 0 aliphatic carbocycles. The van der Waals surface area contributed by atoms with Gasteiger partial charge in [-0.25, -0.2) is 4.79 Å². The molecule has 6 nitrogen and oxygen atoms in total. The summed E-state index contributed by atoms with van der Waals surface area (Å²) < 4.78 is 5.42. The Labute approximate surface area is 170 Å². The van der Waals surface area contributed by atoms with Gasteiger partial charge in [-0.05, 0) is 55.2 Å². The van der Waals surface area contributed by atoms with E-state index in [-0.39, 0.29) is 11.8 Å². The third kappa shape index (κ3) is 4.01. The molecule has 2 amide bonds. The predicted molar refractivity (Wildman–Crippen MR) is 108 cm³/mol. The quantitative estimate of drug-likeness (QED) is 0.751. The maximum Gasteiger partial charge on any atom is 0.338 e. The van der Waals surface area contributed by atoms with Crippen molar-refractivity contribution >= 4 is 23.5 Å². The lowest BCUT2D eigenvalue weighted by Gasteiger charge is -2.30. The van der Waals surface area contributed by atoms with Crippen molar-refractivity contribution in [3.63, 3.8) is 0 Å². The number of ether oxygens (including phenoxy) is 1. The minimum absolute atomic E-state index is 0.0997. The lowest BCUT2D eigenvalue weighted by molar-refractivity contribution is -0.140. The largest absolute Gasteiger partial charge is 0.449 e. The number of hydrogen-bond donors (Lipinski definition) is 0. The van der Waals surface area contributed by atoms with E-state index < -0.39 is 12.1 Å². The van der Waals surface area contributed by atoms with Crippen molar-refractivity contribution in [2.45, 2.75) is 38.8 Å². The van der Waals surface area contributed by atoms with Crippen LogP contribution in [0.4, 0.5) is 5.69 Å². The molecule has 2 aliphatic heterocycles. The third-order valence-corrected chi connectivity index (χ3v) is 5.56. The van der Waals surface area contributed by atoms with E-state index in [2.05, 4.69) is 6.07 Å². The molecule has 2 heterocycles. The molecule has 0 bridgehead atoms. The summed E-state index contributed by atoms with van der Waals surface area (Å²) in [6.45, 7) is 3.47. The maximum atomic E-state index is 12.7. The minimum atomic E-state index is -0.854. The number of carbonyl (C=O) groups is 3. The van der Waals surface area contributed by atoms with Gasteiger partial charge in [-0.3, -0.25) is 9.59 Å². The number of amides is 2. The Kier molecular flexibility index (Phi) is 5.34. The maximum absolute atomic E-state index is 12.7. The summed E-state index contributed by atoms with van der Waals surface area (Å²) in [5, 5.41) is 0. The summed E-state index contributed by atoms with van der Waals surface area (Å²) in [5.74, 6) is -0.627. The SMILES string of the molecule is C[C@H](OC(=O)c1ccc(N2CCCC2=O)cc1)C(=O)N1CCc2ccccc2C1. The van der Waals surface area contributed by atoms with Gasteiger partial charge in [-0.15, -0.1) is 0 Å². The van der Waals surface area contributed by atoms with Gasteiger partial charge < -0.3 is 14.5 Å². The van der Waals surface area contributed by atoms with Crippen LogP contribution in [0.1, 0.15) is 41.3 Å². The Hall–Kier alpha value is -3.15. The van der Waals surface area contributed by atoms with Gasteiger partial charge in [0.05, 0.1) is 5.56 Å². The van der Waals surface area contributed by atoms with Gasteiger partial charge in [0.2, 0.25) is 5.91 Å². The number of fused-ring (bicyclic) bond motifs is 1. The third-order valence-electron chi connectivity index (χ3n) is 5.56. The smallest absolute Gasteiger partial charge is 0.338 e. The zero-order chi connectivity index (χ0) is 20.4. The number of esters is 1. The second-order valence-corrected chi connectivity index (χ2v) is 7.52. The van der Waals surface area contributed by atoms with Crippen LogP contribution >= 0.6 is 0 Å². The molecule has 0 radical (unpaired) electrons. The Morgan fingerprint density at radius 1 is 0.966 bits per heavy atom.